The number of rotatable bonds is 25. The number of aliphatic hydroxyl groups excluding tert-OH is 2. The summed E-state index contributed by atoms with van der Waals surface area (Å²) in [7, 11) is 0. The molecular formula is C44H54O12. The highest BCUT2D eigenvalue weighted by molar-refractivity contribution is 5.74. The number of carbonyl (C=O) groups excluding carboxylic acids is 2. The quantitative estimate of drug-likeness (QED) is 0.0421. The van der Waals surface area contributed by atoms with Gasteiger partial charge in [-0.3, -0.25) is 9.59 Å². The van der Waals surface area contributed by atoms with Crippen LogP contribution in [-0.4, -0.2) is 99.4 Å². The summed E-state index contributed by atoms with van der Waals surface area (Å²) in [6, 6.07) is 29.8. The third kappa shape index (κ3) is 16.9. The predicted molar refractivity (Wildman–Crippen MR) is 211 cm³/mol. The van der Waals surface area contributed by atoms with Gasteiger partial charge in [0, 0.05) is 0 Å². The average molecular weight is 775 g/mol. The van der Waals surface area contributed by atoms with E-state index in [9.17, 15) is 19.8 Å². The van der Waals surface area contributed by atoms with Crippen LogP contribution in [-0.2, 0) is 28.5 Å². The van der Waals surface area contributed by atoms with Crippen molar-refractivity contribution in [2.24, 2.45) is 0 Å². The molecule has 0 aliphatic heterocycles. The van der Waals surface area contributed by atoms with Crippen LogP contribution in [0.3, 0.4) is 0 Å². The lowest BCUT2D eigenvalue weighted by Crippen LogP contribution is -2.22. The van der Waals surface area contributed by atoms with Crippen molar-refractivity contribution < 1.29 is 57.7 Å². The van der Waals surface area contributed by atoms with Gasteiger partial charge in [-0.2, -0.15) is 0 Å². The molecule has 4 unspecified atom stereocenters. The Morgan fingerprint density at radius 1 is 0.446 bits per heavy atom. The highest BCUT2D eigenvalue weighted by atomic mass is 16.6. The molecule has 2 N–H and O–H groups in total. The van der Waals surface area contributed by atoms with E-state index < -0.39 is 24.1 Å². The van der Waals surface area contributed by atoms with Crippen LogP contribution in [0, 0.1) is 0 Å². The first kappa shape index (κ1) is 43.9. The number of hydrogen-bond donors (Lipinski definition) is 2. The molecule has 0 heterocycles. The molecule has 4 atom stereocenters. The highest BCUT2D eigenvalue weighted by Crippen LogP contribution is 2.26. The molecule has 0 saturated heterocycles. The number of ether oxygens (including phenoxy) is 8. The molecule has 0 spiro atoms. The SMILES string of the molecule is CC(O)COC(C)COc1ccc(-c2ccc(OC(=O)CCOCCOCCC(=O)Oc3ccc(-c4ccc(OCC(C)OCC(C)O)cc4)cc3)cc2)cc1. The summed E-state index contributed by atoms with van der Waals surface area (Å²) in [5.74, 6) is 1.50. The fourth-order valence-electron chi connectivity index (χ4n) is 5.05. The van der Waals surface area contributed by atoms with Crippen LogP contribution in [0.4, 0.5) is 0 Å². The molecule has 0 fully saturated rings. The highest BCUT2D eigenvalue weighted by Gasteiger charge is 2.10. The minimum atomic E-state index is -0.515. The van der Waals surface area contributed by atoms with Gasteiger partial charge >= 0.3 is 11.9 Å². The summed E-state index contributed by atoms with van der Waals surface area (Å²) in [4.78, 5) is 24.6. The van der Waals surface area contributed by atoms with Crippen LogP contribution in [0.25, 0.3) is 22.3 Å². The fraction of sp³-hybridized carbons (Fsp3) is 0.409. The zero-order valence-corrected chi connectivity index (χ0v) is 32.6. The molecule has 4 aromatic carbocycles. The standard InChI is InChI=1S/C44H54O12/c1-31(45)27-51-33(3)29-53-39-13-5-35(6-14-39)37-9-17-41(18-10-37)55-43(47)21-23-49-25-26-50-24-22-44(48)56-42-19-11-38(12-20-42)36-7-15-40(16-8-36)54-30-34(4)52-28-32(2)46/h5-20,31-34,45-46H,21-30H2,1-4H3. The Bertz CT molecular complexity index is 1580. The zero-order valence-electron chi connectivity index (χ0n) is 32.6. The van der Waals surface area contributed by atoms with Crippen molar-refractivity contribution in [2.75, 3.05) is 52.9 Å². The summed E-state index contributed by atoms with van der Waals surface area (Å²) >= 11 is 0. The number of aliphatic hydroxyl groups is 2. The molecule has 56 heavy (non-hydrogen) atoms. The van der Waals surface area contributed by atoms with Gasteiger partial charge in [0.15, 0.2) is 0 Å². The molecule has 0 saturated carbocycles. The Labute approximate surface area is 329 Å². The molecular weight excluding hydrogens is 720 g/mol. The summed E-state index contributed by atoms with van der Waals surface area (Å²) < 4.78 is 44.4. The second-order valence-corrected chi connectivity index (χ2v) is 13.4. The van der Waals surface area contributed by atoms with Gasteiger partial charge in [0.05, 0.1) is 76.9 Å². The Kier molecular flexibility index (Phi) is 18.8. The van der Waals surface area contributed by atoms with E-state index in [4.69, 9.17) is 37.9 Å². The maximum Gasteiger partial charge on any atom is 0.313 e. The zero-order chi connectivity index (χ0) is 40.1. The molecule has 4 aromatic rings. The summed E-state index contributed by atoms with van der Waals surface area (Å²) in [5, 5.41) is 18.7. The van der Waals surface area contributed by atoms with Gasteiger partial charge in [-0.25, -0.2) is 0 Å². The third-order valence-corrected chi connectivity index (χ3v) is 8.03. The van der Waals surface area contributed by atoms with Gasteiger partial charge < -0.3 is 48.1 Å². The first-order valence-electron chi connectivity index (χ1n) is 18.9. The van der Waals surface area contributed by atoms with Crippen molar-refractivity contribution in [2.45, 2.75) is 65.0 Å². The Morgan fingerprint density at radius 2 is 0.750 bits per heavy atom. The van der Waals surface area contributed by atoms with E-state index in [0.717, 1.165) is 33.8 Å². The second-order valence-electron chi connectivity index (χ2n) is 13.4. The van der Waals surface area contributed by atoms with E-state index >= 15 is 0 Å². The van der Waals surface area contributed by atoms with E-state index in [1.165, 1.54) is 0 Å². The monoisotopic (exact) mass is 774 g/mol. The smallest absolute Gasteiger partial charge is 0.313 e. The molecule has 0 amide bonds. The topological polar surface area (TPSA) is 148 Å². The molecule has 0 aromatic heterocycles. The van der Waals surface area contributed by atoms with Crippen molar-refractivity contribution in [3.05, 3.63) is 97.1 Å². The number of hydrogen-bond acceptors (Lipinski definition) is 12. The van der Waals surface area contributed by atoms with Crippen molar-refractivity contribution in [1.82, 2.24) is 0 Å². The van der Waals surface area contributed by atoms with Crippen LogP contribution < -0.4 is 18.9 Å². The van der Waals surface area contributed by atoms with Gasteiger partial charge in [0.25, 0.3) is 0 Å². The third-order valence-electron chi connectivity index (χ3n) is 8.03. The summed E-state index contributed by atoms with van der Waals surface area (Å²) in [5.41, 5.74) is 3.90. The second kappa shape index (κ2) is 24.0. The Hall–Kier alpha value is -4.82. The summed E-state index contributed by atoms with van der Waals surface area (Å²) in [6.07, 6.45) is -1.15. The minimum Gasteiger partial charge on any atom is -0.491 e. The van der Waals surface area contributed by atoms with Crippen LogP contribution in [0.1, 0.15) is 40.5 Å². The van der Waals surface area contributed by atoms with Gasteiger partial charge in [0.1, 0.15) is 36.2 Å². The predicted octanol–water partition coefficient (Wildman–Crippen LogP) is 6.67. The molecule has 0 aliphatic rings. The van der Waals surface area contributed by atoms with Gasteiger partial charge in [-0.15, -0.1) is 0 Å². The maximum absolute atomic E-state index is 12.3. The van der Waals surface area contributed by atoms with Crippen molar-refractivity contribution in [3.8, 4) is 45.3 Å². The molecule has 4 rings (SSSR count). The lowest BCUT2D eigenvalue weighted by atomic mass is 10.1. The largest absolute Gasteiger partial charge is 0.491 e. The summed E-state index contributed by atoms with van der Waals surface area (Å²) in [6.45, 7) is 9.31. The normalized spacial score (nSPS) is 13.3. The molecule has 302 valence electrons. The molecule has 0 radical (unpaired) electrons. The van der Waals surface area contributed by atoms with E-state index in [0.29, 0.717) is 24.7 Å². The van der Waals surface area contributed by atoms with Crippen molar-refractivity contribution in [3.63, 3.8) is 0 Å². The molecule has 0 bridgehead atoms. The molecule has 12 nitrogen and oxygen atoms in total. The number of benzene rings is 4. The van der Waals surface area contributed by atoms with Crippen LogP contribution in [0.15, 0.2) is 97.1 Å². The van der Waals surface area contributed by atoms with E-state index in [2.05, 4.69) is 0 Å². The van der Waals surface area contributed by atoms with Gasteiger partial charge in [-0.1, -0.05) is 48.5 Å². The van der Waals surface area contributed by atoms with Crippen LogP contribution >= 0.6 is 0 Å². The van der Waals surface area contributed by atoms with Crippen LogP contribution in [0.2, 0.25) is 0 Å². The van der Waals surface area contributed by atoms with Crippen molar-refractivity contribution in [1.29, 1.82) is 0 Å². The van der Waals surface area contributed by atoms with E-state index in [1.807, 2.05) is 86.6 Å². The lowest BCUT2D eigenvalue weighted by molar-refractivity contribution is -0.137. The first-order valence-corrected chi connectivity index (χ1v) is 18.9. The maximum atomic E-state index is 12.3. The number of carbonyl (C=O) groups is 2. The first-order chi connectivity index (χ1) is 27.0. The molecule has 0 aliphatic carbocycles. The lowest BCUT2D eigenvalue weighted by Gasteiger charge is -2.15. The minimum absolute atomic E-state index is 0.0815. The average Bonchev–Trinajstić information content (AvgIpc) is 3.19. The van der Waals surface area contributed by atoms with Crippen LogP contribution in [0.5, 0.6) is 23.0 Å². The van der Waals surface area contributed by atoms with E-state index in [-0.39, 0.29) is 64.7 Å². The fourth-order valence-corrected chi connectivity index (χ4v) is 5.05. The van der Waals surface area contributed by atoms with Gasteiger partial charge in [0.2, 0.25) is 0 Å². The Morgan fingerprint density at radius 3 is 1.05 bits per heavy atom. The molecule has 12 heteroatoms. The van der Waals surface area contributed by atoms with E-state index in [1.54, 1.807) is 38.1 Å². The Balaban J connectivity index is 1.03. The number of esters is 2. The van der Waals surface area contributed by atoms with Crippen molar-refractivity contribution >= 4 is 11.9 Å². The van der Waals surface area contributed by atoms with Gasteiger partial charge in [-0.05, 0) is 98.5 Å².